The van der Waals surface area contributed by atoms with Gasteiger partial charge in [0.15, 0.2) is 0 Å². The molecule has 54 heavy (non-hydrogen) atoms. The third-order valence-electron chi connectivity index (χ3n) is 10.2. The van der Waals surface area contributed by atoms with Crippen LogP contribution in [-0.2, 0) is 16.0 Å². The lowest BCUT2D eigenvalue weighted by molar-refractivity contribution is -0.130. The molecule has 0 radical (unpaired) electrons. The van der Waals surface area contributed by atoms with Crippen LogP contribution in [0.15, 0.2) is 66.7 Å². The van der Waals surface area contributed by atoms with Gasteiger partial charge in [0, 0.05) is 42.2 Å². The molecule has 286 valence electrons. The molecular formula is C40H51N9O5. The lowest BCUT2D eigenvalue weighted by Gasteiger charge is -2.29. The largest absolute Gasteiger partial charge is 0.465 e. The summed E-state index contributed by atoms with van der Waals surface area (Å²) < 4.78 is 0. The highest BCUT2D eigenvalue weighted by molar-refractivity contribution is 5.98. The van der Waals surface area contributed by atoms with Crippen molar-refractivity contribution < 1.29 is 24.3 Å². The third kappa shape index (κ3) is 11.2. The molecule has 1 atom stereocenters. The lowest BCUT2D eigenvalue weighted by atomic mass is 9.81. The number of carboxylic acid groups (broad SMARTS) is 1. The normalized spacial score (nSPS) is 16.0. The van der Waals surface area contributed by atoms with Gasteiger partial charge in [0.05, 0.1) is 0 Å². The van der Waals surface area contributed by atoms with Crippen LogP contribution in [0.4, 0.5) is 10.5 Å². The molecule has 4 aromatic rings. The second kappa shape index (κ2) is 19.4. The summed E-state index contributed by atoms with van der Waals surface area (Å²) in [4.78, 5) is 53.6. The van der Waals surface area contributed by atoms with Gasteiger partial charge in [0.1, 0.15) is 6.04 Å². The number of amides is 4. The minimum atomic E-state index is -1.05. The fourth-order valence-electron chi connectivity index (χ4n) is 6.85. The van der Waals surface area contributed by atoms with Crippen LogP contribution in [0.5, 0.6) is 0 Å². The van der Waals surface area contributed by atoms with E-state index in [4.69, 9.17) is 5.11 Å². The van der Waals surface area contributed by atoms with E-state index < -0.39 is 12.1 Å². The van der Waals surface area contributed by atoms with Crippen LogP contribution in [-0.4, -0.2) is 93.2 Å². The highest BCUT2D eigenvalue weighted by Crippen LogP contribution is 2.29. The van der Waals surface area contributed by atoms with Crippen molar-refractivity contribution in [2.24, 2.45) is 11.8 Å². The molecule has 14 heteroatoms. The lowest BCUT2D eigenvalue weighted by Crippen LogP contribution is -2.48. The van der Waals surface area contributed by atoms with E-state index in [1.807, 2.05) is 49.4 Å². The summed E-state index contributed by atoms with van der Waals surface area (Å²) in [5.74, 6) is -0.311. The first kappa shape index (κ1) is 39.6. The number of aromatic nitrogens is 4. The van der Waals surface area contributed by atoms with E-state index in [1.54, 1.807) is 24.3 Å². The van der Waals surface area contributed by atoms with Crippen molar-refractivity contribution in [2.45, 2.75) is 65.3 Å². The first-order valence-corrected chi connectivity index (χ1v) is 18.8. The molecule has 1 aromatic heterocycles. The molecule has 1 fully saturated rings. The van der Waals surface area contributed by atoms with Crippen molar-refractivity contribution >= 4 is 29.5 Å². The highest BCUT2D eigenvalue weighted by atomic mass is 16.4. The van der Waals surface area contributed by atoms with Gasteiger partial charge in [-0.3, -0.25) is 14.4 Å². The van der Waals surface area contributed by atoms with E-state index in [0.717, 1.165) is 66.7 Å². The SMILES string of the molecule is CCN(CC)CCCNC(=O)c1ccc(C)c(-c2ccc(C[C@H](NC(=O)C3CCC(CNC(=O)O)CC3)C(=O)Nc3ccc(-c4nn[nH]n4)cc3)cc2)c1. The third-order valence-corrected chi connectivity index (χ3v) is 10.2. The second-order valence-electron chi connectivity index (χ2n) is 13.8. The van der Waals surface area contributed by atoms with Gasteiger partial charge in [-0.1, -0.05) is 44.2 Å². The van der Waals surface area contributed by atoms with Crippen LogP contribution < -0.4 is 21.3 Å². The van der Waals surface area contributed by atoms with Crippen LogP contribution in [0.3, 0.4) is 0 Å². The van der Waals surface area contributed by atoms with Gasteiger partial charge in [-0.2, -0.15) is 5.21 Å². The molecule has 0 bridgehead atoms. The Morgan fingerprint density at radius 2 is 1.61 bits per heavy atom. The quantitative estimate of drug-likeness (QED) is 0.0805. The zero-order valence-electron chi connectivity index (χ0n) is 31.2. The number of carbonyl (C=O) groups is 4. The van der Waals surface area contributed by atoms with Gasteiger partial charge < -0.3 is 31.3 Å². The number of nitrogens with zero attached hydrogens (tertiary/aromatic N) is 4. The van der Waals surface area contributed by atoms with Gasteiger partial charge in [0.25, 0.3) is 5.91 Å². The number of hydrogen-bond acceptors (Lipinski definition) is 8. The number of nitrogens with one attached hydrogen (secondary N) is 5. The predicted molar refractivity (Wildman–Crippen MR) is 207 cm³/mol. The predicted octanol–water partition coefficient (Wildman–Crippen LogP) is 5.04. The zero-order valence-corrected chi connectivity index (χ0v) is 31.2. The van der Waals surface area contributed by atoms with E-state index in [2.05, 4.69) is 60.6 Å². The molecule has 1 saturated carbocycles. The van der Waals surface area contributed by atoms with Crippen molar-refractivity contribution in [1.29, 1.82) is 0 Å². The number of carbonyl (C=O) groups excluding carboxylic acids is 3. The van der Waals surface area contributed by atoms with Gasteiger partial charge in [-0.25, -0.2) is 4.79 Å². The molecule has 4 amide bonds. The summed E-state index contributed by atoms with van der Waals surface area (Å²) in [6.45, 7) is 10.2. The monoisotopic (exact) mass is 737 g/mol. The topological polar surface area (TPSA) is 194 Å². The molecule has 6 N–H and O–H groups in total. The molecule has 0 unspecified atom stereocenters. The van der Waals surface area contributed by atoms with Gasteiger partial charge in [-0.05, 0) is 128 Å². The van der Waals surface area contributed by atoms with E-state index in [9.17, 15) is 19.2 Å². The van der Waals surface area contributed by atoms with Crippen LogP contribution in [0.2, 0.25) is 0 Å². The molecule has 3 aromatic carbocycles. The summed E-state index contributed by atoms with van der Waals surface area (Å²) in [5.41, 5.74) is 5.65. The Hall–Kier alpha value is -5.63. The van der Waals surface area contributed by atoms with Crippen LogP contribution in [0.25, 0.3) is 22.5 Å². The van der Waals surface area contributed by atoms with Crippen LogP contribution in [0.1, 0.15) is 67.4 Å². The standard InChI is InChI=1S/C40H51N9O5/c1-4-49(5-2)22-6-21-41-37(50)32-12-7-26(3)34(24-32)29-13-8-27(9-14-29)23-35(44-38(51)31-15-10-28(11-16-31)25-42-40(53)54)39(52)43-33-19-17-30(18-20-33)36-45-47-48-46-36/h7-9,12-14,17-20,24,28,31,35,42H,4-6,10-11,15-16,21-23,25H2,1-3H3,(H,41,50)(H,43,52)(H,44,51)(H,53,54)(H,45,46,47,48)/t28?,31?,35-/m0/s1. The minimum Gasteiger partial charge on any atom is -0.465 e. The van der Waals surface area contributed by atoms with Gasteiger partial charge in [-0.15, -0.1) is 10.2 Å². The Balaban J connectivity index is 1.26. The fourth-order valence-corrected chi connectivity index (χ4v) is 6.85. The van der Waals surface area contributed by atoms with Crippen molar-refractivity contribution in [2.75, 3.05) is 38.0 Å². The summed E-state index contributed by atoms with van der Waals surface area (Å²) in [6, 6.07) is 19.7. The van der Waals surface area contributed by atoms with E-state index in [1.165, 1.54) is 0 Å². The summed E-state index contributed by atoms with van der Waals surface area (Å²) in [6.07, 6.45) is 2.77. The van der Waals surface area contributed by atoms with Gasteiger partial charge >= 0.3 is 6.09 Å². The van der Waals surface area contributed by atoms with Crippen molar-refractivity contribution in [3.05, 3.63) is 83.4 Å². The number of H-pyrrole nitrogens is 1. The average molecular weight is 738 g/mol. The Bertz CT molecular complexity index is 1840. The van der Waals surface area contributed by atoms with E-state index in [-0.39, 0.29) is 36.0 Å². The Morgan fingerprint density at radius 1 is 0.907 bits per heavy atom. The highest BCUT2D eigenvalue weighted by Gasteiger charge is 2.30. The minimum absolute atomic E-state index is 0.105. The molecule has 1 aliphatic carbocycles. The number of rotatable bonds is 17. The average Bonchev–Trinajstić information content (AvgIpc) is 3.73. The fraction of sp³-hybridized carbons (Fsp3) is 0.425. The maximum Gasteiger partial charge on any atom is 0.404 e. The molecule has 1 heterocycles. The Kier molecular flexibility index (Phi) is 14.3. The first-order chi connectivity index (χ1) is 26.1. The van der Waals surface area contributed by atoms with Crippen molar-refractivity contribution in [1.82, 2.24) is 41.5 Å². The van der Waals surface area contributed by atoms with Crippen molar-refractivity contribution in [3.63, 3.8) is 0 Å². The van der Waals surface area contributed by atoms with Gasteiger partial charge in [0.2, 0.25) is 17.6 Å². The van der Waals surface area contributed by atoms with Crippen LogP contribution >= 0.6 is 0 Å². The molecule has 0 spiro atoms. The maximum atomic E-state index is 13.8. The molecule has 0 aliphatic heterocycles. The molecule has 5 rings (SSSR count). The van der Waals surface area contributed by atoms with Crippen LogP contribution in [0, 0.1) is 18.8 Å². The smallest absolute Gasteiger partial charge is 0.404 e. The molecule has 1 aliphatic rings. The summed E-state index contributed by atoms with van der Waals surface area (Å²) in [7, 11) is 0. The Morgan fingerprint density at radius 3 is 2.26 bits per heavy atom. The maximum absolute atomic E-state index is 13.8. The number of aromatic amines is 1. The number of anilines is 1. The summed E-state index contributed by atoms with van der Waals surface area (Å²) in [5, 5.41) is 34.4. The molecule has 14 nitrogen and oxygen atoms in total. The number of tetrazole rings is 1. The number of aryl methyl sites for hydroxylation is 1. The number of benzene rings is 3. The Labute approximate surface area is 315 Å². The number of hydrogen-bond donors (Lipinski definition) is 6. The van der Waals surface area contributed by atoms with E-state index in [0.29, 0.717) is 43.0 Å². The zero-order chi connectivity index (χ0) is 38.5. The molecular weight excluding hydrogens is 686 g/mol. The first-order valence-electron chi connectivity index (χ1n) is 18.8. The second-order valence-corrected chi connectivity index (χ2v) is 13.8. The summed E-state index contributed by atoms with van der Waals surface area (Å²) >= 11 is 0. The molecule has 0 saturated heterocycles. The van der Waals surface area contributed by atoms with E-state index >= 15 is 0 Å². The van der Waals surface area contributed by atoms with Crippen molar-refractivity contribution in [3.8, 4) is 22.5 Å².